The first kappa shape index (κ1) is 28.7. The quantitative estimate of drug-likeness (QED) is 0.110. The Hall–Kier alpha value is -3.26. The largest absolute Gasteiger partial charge is 0.481 e. The van der Waals surface area contributed by atoms with E-state index in [2.05, 4.69) is 10.6 Å². The highest BCUT2D eigenvalue weighted by molar-refractivity contribution is 5.95. The third-order valence-corrected chi connectivity index (χ3v) is 4.33. The molecule has 0 saturated heterocycles. The number of nitrogens with one attached hydrogen (secondary N) is 3. The minimum atomic E-state index is -1.66. The van der Waals surface area contributed by atoms with E-state index in [-0.39, 0.29) is 0 Å². The average Bonchev–Trinajstić information content (AvgIpc) is 2.69. The van der Waals surface area contributed by atoms with Gasteiger partial charge in [0, 0.05) is 6.42 Å². The lowest BCUT2D eigenvalue weighted by Crippen LogP contribution is -2.56. The highest BCUT2D eigenvalue weighted by atomic mass is 16.4. The predicted octanol–water partition coefficient (Wildman–Crippen LogP) is -2.66. The molecule has 0 rings (SSSR count). The molecule has 0 aliphatic rings. The molecule has 0 aromatic rings. The van der Waals surface area contributed by atoms with Crippen molar-refractivity contribution in [1.82, 2.24) is 16.0 Å². The number of rotatable bonds is 16. The van der Waals surface area contributed by atoms with E-state index in [0.717, 1.165) is 0 Å². The van der Waals surface area contributed by atoms with Gasteiger partial charge in [-0.15, -0.1) is 0 Å². The van der Waals surface area contributed by atoms with Gasteiger partial charge in [-0.05, 0) is 32.7 Å². The summed E-state index contributed by atoms with van der Waals surface area (Å²) in [5, 5.41) is 33.3. The fourth-order valence-corrected chi connectivity index (χ4v) is 2.50. The molecule has 0 aromatic heterocycles. The Bertz CT molecular complexity index is 700. The van der Waals surface area contributed by atoms with Gasteiger partial charge in [-0.1, -0.05) is 6.42 Å². The van der Waals surface area contributed by atoms with Crippen molar-refractivity contribution in [3.05, 3.63) is 0 Å². The maximum atomic E-state index is 12.4. The normalized spacial score (nSPS) is 14.3. The number of hydrogen-bond acceptors (Lipinski definition) is 8. The van der Waals surface area contributed by atoms with Crippen LogP contribution in [0.4, 0.5) is 0 Å². The van der Waals surface area contributed by atoms with Crippen molar-refractivity contribution in [3.8, 4) is 0 Å². The van der Waals surface area contributed by atoms with Crippen LogP contribution in [0.25, 0.3) is 0 Å². The molecule has 0 aliphatic carbocycles. The third kappa shape index (κ3) is 11.8. The van der Waals surface area contributed by atoms with Gasteiger partial charge in [0.05, 0.1) is 12.5 Å². The van der Waals surface area contributed by atoms with Crippen LogP contribution in [-0.4, -0.2) is 81.7 Å². The Morgan fingerprint density at radius 3 is 1.88 bits per heavy atom. The van der Waals surface area contributed by atoms with Crippen molar-refractivity contribution in [2.75, 3.05) is 6.54 Å². The van der Waals surface area contributed by atoms with Crippen LogP contribution < -0.4 is 27.4 Å². The summed E-state index contributed by atoms with van der Waals surface area (Å²) in [7, 11) is 0. The van der Waals surface area contributed by atoms with Crippen LogP contribution in [0, 0.1) is 0 Å². The maximum absolute atomic E-state index is 12.4. The zero-order valence-corrected chi connectivity index (χ0v) is 17.7. The van der Waals surface area contributed by atoms with E-state index >= 15 is 0 Å². The molecule has 0 radical (unpaired) electrons. The molecule has 0 aliphatic heterocycles. The molecule has 0 spiro atoms. The van der Waals surface area contributed by atoms with Crippen molar-refractivity contribution in [1.29, 1.82) is 0 Å². The van der Waals surface area contributed by atoms with Crippen LogP contribution in [-0.2, 0) is 28.8 Å². The second-order valence-corrected chi connectivity index (χ2v) is 7.11. The zero-order chi connectivity index (χ0) is 24.8. The van der Waals surface area contributed by atoms with E-state index in [9.17, 15) is 28.8 Å². The van der Waals surface area contributed by atoms with Gasteiger partial charge < -0.3 is 42.7 Å². The number of nitrogens with two attached hydrogens (primary N) is 2. The number of carboxylic acids is 3. The molecule has 14 heteroatoms. The third-order valence-electron chi connectivity index (χ3n) is 4.33. The molecule has 10 N–H and O–H groups in total. The molecule has 3 amide bonds. The van der Waals surface area contributed by atoms with Gasteiger partial charge in [0.2, 0.25) is 17.7 Å². The van der Waals surface area contributed by atoms with Crippen LogP contribution >= 0.6 is 0 Å². The second-order valence-electron chi connectivity index (χ2n) is 7.11. The molecule has 14 nitrogen and oxygen atoms in total. The maximum Gasteiger partial charge on any atom is 0.326 e. The number of carbonyl (C=O) groups excluding carboxylic acids is 3. The van der Waals surface area contributed by atoms with Crippen molar-refractivity contribution >= 4 is 35.6 Å². The van der Waals surface area contributed by atoms with Gasteiger partial charge in [-0.2, -0.15) is 0 Å². The first-order valence-corrected chi connectivity index (χ1v) is 9.92. The summed E-state index contributed by atoms with van der Waals surface area (Å²) in [4.78, 5) is 69.7. The average molecular weight is 461 g/mol. The lowest BCUT2D eigenvalue weighted by Gasteiger charge is -2.22. The second kappa shape index (κ2) is 14.7. The summed E-state index contributed by atoms with van der Waals surface area (Å²) < 4.78 is 0. The summed E-state index contributed by atoms with van der Waals surface area (Å²) in [6.07, 6.45) is -0.247. The van der Waals surface area contributed by atoms with Gasteiger partial charge in [0.1, 0.15) is 18.1 Å². The van der Waals surface area contributed by atoms with Gasteiger partial charge in [0.25, 0.3) is 0 Å². The minimum absolute atomic E-state index is 0.342. The molecule has 0 fully saturated rings. The molecule has 0 bridgehead atoms. The predicted molar refractivity (Wildman–Crippen MR) is 109 cm³/mol. The fourth-order valence-electron chi connectivity index (χ4n) is 2.50. The van der Waals surface area contributed by atoms with E-state index in [0.29, 0.717) is 25.8 Å². The molecular formula is C18H31N5O9. The minimum Gasteiger partial charge on any atom is -0.481 e. The van der Waals surface area contributed by atoms with E-state index in [1.54, 1.807) is 0 Å². The number of amides is 3. The summed E-state index contributed by atoms with van der Waals surface area (Å²) >= 11 is 0. The summed E-state index contributed by atoms with van der Waals surface area (Å²) in [5.74, 6) is -6.91. The zero-order valence-electron chi connectivity index (χ0n) is 17.7. The number of carbonyl (C=O) groups is 6. The highest BCUT2D eigenvalue weighted by Crippen LogP contribution is 2.03. The van der Waals surface area contributed by atoms with Crippen molar-refractivity contribution in [2.24, 2.45) is 11.5 Å². The van der Waals surface area contributed by atoms with Crippen molar-refractivity contribution in [3.63, 3.8) is 0 Å². The van der Waals surface area contributed by atoms with E-state index < -0.39 is 79.1 Å². The first-order valence-electron chi connectivity index (χ1n) is 9.92. The SMILES string of the molecule is CC(NC(=O)C(N)CCCCN)C(=O)NC(CC(=O)O)C(=O)NC(CCC(=O)O)C(=O)O. The van der Waals surface area contributed by atoms with Crippen molar-refractivity contribution < 1.29 is 44.1 Å². The number of unbranched alkanes of at least 4 members (excludes halogenated alkanes) is 1. The van der Waals surface area contributed by atoms with Crippen molar-refractivity contribution in [2.45, 2.75) is 69.6 Å². The summed E-state index contributed by atoms with van der Waals surface area (Å²) in [6, 6.07) is -5.32. The smallest absolute Gasteiger partial charge is 0.326 e. The first-order chi connectivity index (χ1) is 14.9. The van der Waals surface area contributed by atoms with Crippen LogP contribution in [0.5, 0.6) is 0 Å². The monoisotopic (exact) mass is 461 g/mol. The summed E-state index contributed by atoms with van der Waals surface area (Å²) in [5.41, 5.74) is 11.1. The van der Waals surface area contributed by atoms with Crippen LogP contribution in [0.15, 0.2) is 0 Å². The van der Waals surface area contributed by atoms with Crippen LogP contribution in [0.1, 0.15) is 45.4 Å². The number of aliphatic carboxylic acids is 3. The Labute approximate surface area is 184 Å². The Morgan fingerprint density at radius 1 is 0.781 bits per heavy atom. The lowest BCUT2D eigenvalue weighted by atomic mass is 10.1. The Morgan fingerprint density at radius 2 is 1.38 bits per heavy atom. The molecule has 182 valence electrons. The summed E-state index contributed by atoms with van der Waals surface area (Å²) in [6.45, 7) is 1.74. The Balaban J connectivity index is 5.05. The molecule has 0 aromatic carbocycles. The van der Waals surface area contributed by atoms with Gasteiger partial charge in [0.15, 0.2) is 0 Å². The molecule has 32 heavy (non-hydrogen) atoms. The number of hydrogen-bond donors (Lipinski definition) is 8. The lowest BCUT2D eigenvalue weighted by molar-refractivity contribution is -0.144. The van der Waals surface area contributed by atoms with Gasteiger partial charge >= 0.3 is 17.9 Å². The molecule has 0 saturated carbocycles. The Kier molecular flexibility index (Phi) is 13.2. The van der Waals surface area contributed by atoms with Crippen LogP contribution in [0.3, 0.4) is 0 Å². The topological polar surface area (TPSA) is 251 Å². The molecule has 0 heterocycles. The number of carboxylic acid groups (broad SMARTS) is 3. The van der Waals surface area contributed by atoms with Gasteiger partial charge in [-0.25, -0.2) is 4.79 Å². The van der Waals surface area contributed by atoms with Crippen LogP contribution in [0.2, 0.25) is 0 Å². The molecule has 4 atom stereocenters. The standard InChI is InChI=1S/C18H31N5O9/c1-9(21-16(29)10(20)4-2-3-7-19)15(28)23-12(8-14(26)27)17(30)22-11(18(31)32)5-6-13(24)25/h9-12H,2-8,19-20H2,1H3,(H,21,29)(H,22,30)(H,23,28)(H,24,25)(H,26,27)(H,31,32). The molecule has 4 unspecified atom stereocenters. The fraction of sp³-hybridized carbons (Fsp3) is 0.667. The van der Waals surface area contributed by atoms with E-state index in [1.165, 1.54) is 6.92 Å². The van der Waals surface area contributed by atoms with Gasteiger partial charge in [-0.3, -0.25) is 24.0 Å². The molecular weight excluding hydrogens is 430 g/mol. The van der Waals surface area contributed by atoms with E-state index in [4.69, 9.17) is 26.8 Å². The van der Waals surface area contributed by atoms with E-state index in [1.807, 2.05) is 5.32 Å². The highest BCUT2D eigenvalue weighted by Gasteiger charge is 2.30.